The van der Waals surface area contributed by atoms with Gasteiger partial charge in [0.05, 0.1) is 17.6 Å². The maximum Gasteiger partial charge on any atom is 0.159 e. The van der Waals surface area contributed by atoms with E-state index in [9.17, 15) is 8.42 Å². The zero-order valence-electron chi connectivity index (χ0n) is 10.6. The van der Waals surface area contributed by atoms with E-state index in [1.807, 2.05) is 24.3 Å². The molecular weight excluding hydrogens is 250 g/mol. The summed E-state index contributed by atoms with van der Waals surface area (Å²) in [6.45, 7) is 3.78. The topological polar surface area (TPSA) is 55.4 Å². The van der Waals surface area contributed by atoms with Crippen LogP contribution in [0.5, 0.6) is 5.75 Å². The second kappa shape index (κ2) is 5.71. The summed E-state index contributed by atoms with van der Waals surface area (Å²) in [5.74, 6) is 1.01. The lowest BCUT2D eigenvalue weighted by Gasteiger charge is -2.23. The van der Waals surface area contributed by atoms with Gasteiger partial charge in [-0.3, -0.25) is 0 Å². The van der Waals surface area contributed by atoms with Crippen molar-refractivity contribution < 1.29 is 13.2 Å². The molecule has 0 radical (unpaired) electrons. The molecule has 0 amide bonds. The van der Waals surface area contributed by atoms with Gasteiger partial charge in [0.15, 0.2) is 9.84 Å². The van der Waals surface area contributed by atoms with Crippen LogP contribution in [0.15, 0.2) is 24.3 Å². The summed E-state index contributed by atoms with van der Waals surface area (Å²) in [4.78, 5) is 0. The molecule has 0 aromatic heterocycles. The zero-order valence-corrected chi connectivity index (χ0v) is 11.4. The van der Waals surface area contributed by atoms with Gasteiger partial charge in [0.25, 0.3) is 0 Å². The molecule has 18 heavy (non-hydrogen) atoms. The minimum Gasteiger partial charge on any atom is -0.494 e. The van der Waals surface area contributed by atoms with Crippen molar-refractivity contribution in [2.75, 3.05) is 25.4 Å². The van der Waals surface area contributed by atoms with Gasteiger partial charge in [-0.15, -0.1) is 0 Å². The Morgan fingerprint density at radius 1 is 1.33 bits per heavy atom. The first kappa shape index (κ1) is 13.4. The molecule has 1 aromatic carbocycles. The number of hydrogen-bond donors (Lipinski definition) is 1. The molecule has 0 spiro atoms. The van der Waals surface area contributed by atoms with Crippen molar-refractivity contribution >= 4 is 9.84 Å². The van der Waals surface area contributed by atoms with Gasteiger partial charge in [0, 0.05) is 13.1 Å². The lowest BCUT2D eigenvalue weighted by molar-refractivity contribution is 0.317. The van der Waals surface area contributed by atoms with E-state index in [0.29, 0.717) is 19.7 Å². The molecule has 1 unspecified atom stereocenters. The van der Waals surface area contributed by atoms with Crippen molar-refractivity contribution in [3.05, 3.63) is 29.8 Å². The molecule has 1 aliphatic heterocycles. The second-order valence-corrected chi connectivity index (χ2v) is 6.78. The average molecular weight is 269 g/mol. The van der Waals surface area contributed by atoms with E-state index < -0.39 is 15.1 Å². The number of benzene rings is 1. The summed E-state index contributed by atoms with van der Waals surface area (Å²) >= 11 is 0. The van der Waals surface area contributed by atoms with Crippen LogP contribution in [0.25, 0.3) is 0 Å². The van der Waals surface area contributed by atoms with Crippen LogP contribution < -0.4 is 10.1 Å². The van der Waals surface area contributed by atoms with Crippen LogP contribution in [0.4, 0.5) is 0 Å². The molecule has 5 heteroatoms. The zero-order chi connectivity index (χ0) is 13.0. The summed E-state index contributed by atoms with van der Waals surface area (Å²) in [5, 5.41) is 2.70. The Morgan fingerprint density at radius 3 is 2.67 bits per heavy atom. The third-order valence-electron chi connectivity index (χ3n) is 3.05. The fourth-order valence-electron chi connectivity index (χ4n) is 2.04. The van der Waals surface area contributed by atoms with Gasteiger partial charge in [-0.2, -0.15) is 0 Å². The van der Waals surface area contributed by atoms with Crippen molar-refractivity contribution in [1.29, 1.82) is 0 Å². The summed E-state index contributed by atoms with van der Waals surface area (Å²) in [6, 6.07) is 7.38. The maximum absolute atomic E-state index is 12.0. The van der Waals surface area contributed by atoms with Crippen LogP contribution in [-0.4, -0.2) is 33.9 Å². The molecule has 0 aliphatic carbocycles. The maximum atomic E-state index is 12.0. The number of ether oxygens (including phenoxy) is 1. The van der Waals surface area contributed by atoms with E-state index in [2.05, 4.69) is 12.2 Å². The van der Waals surface area contributed by atoms with Gasteiger partial charge in [-0.05, 0) is 24.1 Å². The molecule has 0 saturated carbocycles. The predicted molar refractivity (Wildman–Crippen MR) is 71.6 cm³/mol. The van der Waals surface area contributed by atoms with Crippen LogP contribution in [0.2, 0.25) is 0 Å². The fraction of sp³-hybridized carbons (Fsp3) is 0.538. The molecule has 1 fully saturated rings. The Hall–Kier alpha value is -1.07. The number of nitrogens with one attached hydrogen (secondary N) is 1. The lowest BCUT2D eigenvalue weighted by Crippen LogP contribution is -2.38. The Labute approximate surface area is 108 Å². The van der Waals surface area contributed by atoms with E-state index in [-0.39, 0.29) is 5.75 Å². The molecular formula is C13H19NO3S. The van der Waals surface area contributed by atoms with Gasteiger partial charge in [-0.1, -0.05) is 19.1 Å². The predicted octanol–water partition coefficient (Wildman–Crippen LogP) is 1.53. The van der Waals surface area contributed by atoms with Crippen molar-refractivity contribution in [3.8, 4) is 5.75 Å². The Kier molecular flexibility index (Phi) is 4.24. The Balaban J connectivity index is 2.13. The monoisotopic (exact) mass is 269 g/mol. The molecule has 2 rings (SSSR count). The smallest absolute Gasteiger partial charge is 0.159 e. The molecule has 1 aromatic rings. The normalized spacial score (nSPS) is 22.6. The highest BCUT2D eigenvalue weighted by Gasteiger charge is 2.29. The highest BCUT2D eigenvalue weighted by Crippen LogP contribution is 2.26. The fourth-order valence-corrected chi connectivity index (χ4v) is 3.70. The van der Waals surface area contributed by atoms with Gasteiger partial charge in [-0.25, -0.2) is 8.42 Å². The van der Waals surface area contributed by atoms with Crippen LogP contribution in [0.3, 0.4) is 0 Å². The second-order valence-electron chi connectivity index (χ2n) is 4.48. The van der Waals surface area contributed by atoms with E-state index >= 15 is 0 Å². The largest absolute Gasteiger partial charge is 0.494 e. The van der Waals surface area contributed by atoms with Gasteiger partial charge in [0.2, 0.25) is 0 Å². The van der Waals surface area contributed by atoms with Crippen LogP contribution in [0, 0.1) is 0 Å². The molecule has 1 atom stereocenters. The minimum absolute atomic E-state index is 0.214. The van der Waals surface area contributed by atoms with E-state index in [1.54, 1.807) is 0 Å². The molecule has 0 bridgehead atoms. The number of rotatable bonds is 4. The van der Waals surface area contributed by atoms with Crippen LogP contribution in [0.1, 0.15) is 24.2 Å². The molecule has 1 saturated heterocycles. The standard InChI is InChI=1S/C13H19NO3S/c1-2-8-17-12-5-3-11(4-6-12)13-10-14-7-9-18(13,15)16/h3-6,13-14H,2,7-10H2,1H3. The van der Waals surface area contributed by atoms with E-state index in [4.69, 9.17) is 4.74 Å². The van der Waals surface area contributed by atoms with Crippen molar-refractivity contribution in [1.82, 2.24) is 5.32 Å². The molecule has 1 heterocycles. The summed E-state index contributed by atoms with van der Waals surface area (Å²) in [6.07, 6.45) is 0.961. The third kappa shape index (κ3) is 3.03. The highest BCUT2D eigenvalue weighted by atomic mass is 32.2. The summed E-state index contributed by atoms with van der Waals surface area (Å²) in [7, 11) is -3.01. The summed E-state index contributed by atoms with van der Waals surface area (Å²) < 4.78 is 29.4. The molecule has 1 N–H and O–H groups in total. The van der Waals surface area contributed by atoms with E-state index in [1.165, 1.54) is 0 Å². The lowest BCUT2D eigenvalue weighted by atomic mass is 10.1. The third-order valence-corrected chi connectivity index (χ3v) is 5.13. The average Bonchev–Trinajstić information content (AvgIpc) is 2.37. The first-order valence-corrected chi connectivity index (χ1v) is 8.00. The first-order valence-electron chi connectivity index (χ1n) is 6.28. The molecule has 100 valence electrons. The minimum atomic E-state index is -3.01. The van der Waals surface area contributed by atoms with Crippen molar-refractivity contribution in [3.63, 3.8) is 0 Å². The van der Waals surface area contributed by atoms with Gasteiger partial charge < -0.3 is 10.1 Å². The highest BCUT2D eigenvalue weighted by molar-refractivity contribution is 7.91. The van der Waals surface area contributed by atoms with Crippen LogP contribution >= 0.6 is 0 Å². The van der Waals surface area contributed by atoms with Crippen molar-refractivity contribution in [2.24, 2.45) is 0 Å². The Morgan fingerprint density at radius 2 is 2.06 bits per heavy atom. The quantitative estimate of drug-likeness (QED) is 0.900. The van der Waals surface area contributed by atoms with E-state index in [0.717, 1.165) is 17.7 Å². The van der Waals surface area contributed by atoms with Crippen LogP contribution in [-0.2, 0) is 9.84 Å². The Bertz CT molecular complexity index is 481. The van der Waals surface area contributed by atoms with Gasteiger partial charge in [0.1, 0.15) is 5.75 Å². The number of hydrogen-bond acceptors (Lipinski definition) is 4. The van der Waals surface area contributed by atoms with Gasteiger partial charge >= 0.3 is 0 Å². The SMILES string of the molecule is CCCOc1ccc(C2CNCCS2(=O)=O)cc1. The first-order chi connectivity index (χ1) is 8.63. The summed E-state index contributed by atoms with van der Waals surface area (Å²) in [5.41, 5.74) is 0.839. The number of sulfone groups is 1. The molecule has 4 nitrogen and oxygen atoms in total. The van der Waals surface area contributed by atoms with Crippen molar-refractivity contribution in [2.45, 2.75) is 18.6 Å². The molecule has 1 aliphatic rings.